The highest BCUT2D eigenvalue weighted by molar-refractivity contribution is 7.89. The van der Waals surface area contributed by atoms with Crippen molar-refractivity contribution in [2.45, 2.75) is 35.8 Å². The van der Waals surface area contributed by atoms with Crippen LogP contribution in [0.4, 0.5) is 0 Å². The zero-order valence-electron chi connectivity index (χ0n) is 15.5. The highest BCUT2D eigenvalue weighted by Crippen LogP contribution is 2.23. The summed E-state index contributed by atoms with van der Waals surface area (Å²) in [5.41, 5.74) is 1.44. The Morgan fingerprint density at radius 3 is 1.21 bits per heavy atom. The zero-order chi connectivity index (χ0) is 20.9. The van der Waals surface area contributed by atoms with Crippen LogP contribution in [0.2, 0.25) is 0 Å². The van der Waals surface area contributed by atoms with Gasteiger partial charge in [0.05, 0.1) is 22.0 Å². The molecule has 0 bridgehead atoms. The number of sulfonamides is 2. The summed E-state index contributed by atoms with van der Waals surface area (Å²) in [7, 11) is -7.42. The second-order valence-corrected chi connectivity index (χ2v) is 9.98. The van der Waals surface area contributed by atoms with Crippen LogP contribution in [0.5, 0.6) is 0 Å². The molecule has 2 atom stereocenters. The van der Waals surface area contributed by atoms with Crippen LogP contribution in [0.15, 0.2) is 58.3 Å². The standard InChI is InChI=1S/C18H24N2O6S2/c1-13(21)11-19-27(23,24)17-7-3-15(4-8-17)16-5-9-18(10-6-16)28(25,26)20-12-14(2)22/h3-10,13-14,19-22H,11-12H2,1-2H3/t13-,14-/m1/s1. The van der Waals surface area contributed by atoms with Crippen molar-refractivity contribution in [2.24, 2.45) is 0 Å². The average molecular weight is 429 g/mol. The lowest BCUT2D eigenvalue weighted by atomic mass is 10.1. The lowest BCUT2D eigenvalue weighted by Crippen LogP contribution is -2.30. The predicted molar refractivity (Wildman–Crippen MR) is 106 cm³/mol. The first-order chi connectivity index (χ1) is 13.0. The van der Waals surface area contributed by atoms with Gasteiger partial charge in [0.25, 0.3) is 0 Å². The van der Waals surface area contributed by atoms with Crippen molar-refractivity contribution in [3.05, 3.63) is 48.5 Å². The van der Waals surface area contributed by atoms with Crippen molar-refractivity contribution in [1.82, 2.24) is 9.44 Å². The Balaban J connectivity index is 2.16. The molecule has 2 aromatic carbocycles. The van der Waals surface area contributed by atoms with E-state index in [1.54, 1.807) is 24.3 Å². The molecule has 0 saturated carbocycles. The van der Waals surface area contributed by atoms with Crippen LogP contribution in [0.1, 0.15) is 13.8 Å². The molecule has 0 heterocycles. The molecule has 0 amide bonds. The zero-order valence-corrected chi connectivity index (χ0v) is 17.2. The van der Waals surface area contributed by atoms with Crippen LogP contribution < -0.4 is 9.44 Å². The van der Waals surface area contributed by atoms with E-state index in [9.17, 15) is 27.0 Å². The summed E-state index contributed by atoms with van der Waals surface area (Å²) >= 11 is 0. The average Bonchev–Trinajstić information content (AvgIpc) is 2.65. The number of hydrogen-bond donors (Lipinski definition) is 4. The third-order valence-corrected chi connectivity index (χ3v) is 6.68. The molecule has 0 radical (unpaired) electrons. The third kappa shape index (κ3) is 6.09. The van der Waals surface area contributed by atoms with Gasteiger partial charge in [0.1, 0.15) is 0 Å². The Kier molecular flexibility index (Phi) is 7.32. The third-order valence-electron chi connectivity index (χ3n) is 3.80. The topological polar surface area (TPSA) is 133 Å². The Labute approximate surface area is 165 Å². The number of rotatable bonds is 9. The molecule has 2 aromatic rings. The van der Waals surface area contributed by atoms with E-state index in [0.29, 0.717) is 0 Å². The maximum atomic E-state index is 12.1. The van der Waals surface area contributed by atoms with Crippen LogP contribution in [-0.2, 0) is 20.0 Å². The summed E-state index contributed by atoms with van der Waals surface area (Å²) < 4.78 is 53.2. The number of aliphatic hydroxyl groups is 2. The van der Waals surface area contributed by atoms with Gasteiger partial charge in [-0.1, -0.05) is 24.3 Å². The summed E-state index contributed by atoms with van der Waals surface area (Å²) in [6, 6.07) is 12.2. The van der Waals surface area contributed by atoms with Gasteiger partial charge >= 0.3 is 0 Å². The maximum Gasteiger partial charge on any atom is 0.240 e. The van der Waals surface area contributed by atoms with Gasteiger partial charge in [-0.05, 0) is 49.2 Å². The molecule has 0 saturated heterocycles. The minimum Gasteiger partial charge on any atom is -0.392 e. The second kappa shape index (κ2) is 9.12. The highest BCUT2D eigenvalue weighted by Gasteiger charge is 2.16. The molecule has 0 aromatic heterocycles. The summed E-state index contributed by atoms with van der Waals surface area (Å²) in [5.74, 6) is 0. The lowest BCUT2D eigenvalue weighted by Gasteiger charge is -2.10. The quantitative estimate of drug-likeness (QED) is 0.464. The molecule has 4 N–H and O–H groups in total. The fraction of sp³-hybridized carbons (Fsp3) is 0.333. The molecule has 2 rings (SSSR count). The van der Waals surface area contributed by atoms with Crippen molar-refractivity contribution in [2.75, 3.05) is 13.1 Å². The van der Waals surface area contributed by atoms with Crippen molar-refractivity contribution < 1.29 is 27.0 Å². The predicted octanol–water partition coefficient (Wildman–Crippen LogP) is 0.672. The van der Waals surface area contributed by atoms with E-state index in [0.717, 1.165) is 11.1 Å². The SMILES string of the molecule is C[C@@H](O)CNS(=O)(=O)c1ccc(-c2ccc(S(=O)(=O)NC[C@@H](C)O)cc2)cc1. The molecule has 0 aliphatic heterocycles. The van der Waals surface area contributed by atoms with E-state index < -0.39 is 32.3 Å². The van der Waals surface area contributed by atoms with Gasteiger partial charge in [-0.25, -0.2) is 26.3 Å². The number of aliphatic hydroxyl groups excluding tert-OH is 2. The van der Waals surface area contributed by atoms with Crippen molar-refractivity contribution in [3.63, 3.8) is 0 Å². The first-order valence-corrected chi connectivity index (χ1v) is 11.5. The van der Waals surface area contributed by atoms with Gasteiger partial charge in [-0.2, -0.15) is 0 Å². The lowest BCUT2D eigenvalue weighted by molar-refractivity contribution is 0.198. The van der Waals surface area contributed by atoms with E-state index >= 15 is 0 Å². The Morgan fingerprint density at radius 1 is 0.679 bits per heavy atom. The minimum absolute atomic E-state index is 0.0680. The van der Waals surface area contributed by atoms with E-state index in [1.165, 1.54) is 38.1 Å². The summed E-state index contributed by atoms with van der Waals surface area (Å²) in [4.78, 5) is 0.136. The van der Waals surface area contributed by atoms with Gasteiger partial charge in [-0.3, -0.25) is 0 Å². The van der Waals surface area contributed by atoms with Crippen molar-refractivity contribution >= 4 is 20.0 Å². The van der Waals surface area contributed by atoms with Crippen LogP contribution in [-0.4, -0.2) is 52.3 Å². The number of nitrogens with one attached hydrogen (secondary N) is 2. The molecule has 0 aliphatic rings. The fourth-order valence-corrected chi connectivity index (χ4v) is 4.52. The van der Waals surface area contributed by atoms with E-state index in [4.69, 9.17) is 0 Å². The normalized spacial score (nSPS) is 14.6. The smallest absolute Gasteiger partial charge is 0.240 e. The minimum atomic E-state index is -3.71. The first-order valence-electron chi connectivity index (χ1n) is 8.57. The monoisotopic (exact) mass is 428 g/mol. The number of hydrogen-bond acceptors (Lipinski definition) is 6. The molecule has 0 fully saturated rings. The Bertz CT molecular complexity index is 900. The molecule has 0 unspecified atom stereocenters. The molecular formula is C18H24N2O6S2. The highest BCUT2D eigenvalue weighted by atomic mass is 32.2. The van der Waals surface area contributed by atoms with Crippen molar-refractivity contribution in [1.29, 1.82) is 0 Å². The Hall–Kier alpha value is -1.82. The van der Waals surface area contributed by atoms with Crippen LogP contribution in [0.25, 0.3) is 11.1 Å². The van der Waals surface area contributed by atoms with Gasteiger partial charge in [0.2, 0.25) is 20.0 Å². The maximum absolute atomic E-state index is 12.1. The van der Waals surface area contributed by atoms with E-state index in [1.807, 2.05) is 0 Å². The molecule has 28 heavy (non-hydrogen) atoms. The Morgan fingerprint density at radius 2 is 0.964 bits per heavy atom. The summed E-state index contributed by atoms with van der Waals surface area (Å²) in [6.07, 6.45) is -1.59. The molecule has 154 valence electrons. The fourth-order valence-electron chi connectivity index (χ4n) is 2.28. The van der Waals surface area contributed by atoms with Gasteiger partial charge in [-0.15, -0.1) is 0 Å². The van der Waals surface area contributed by atoms with Crippen molar-refractivity contribution in [3.8, 4) is 11.1 Å². The van der Waals surface area contributed by atoms with E-state index in [-0.39, 0.29) is 22.9 Å². The molecule has 10 heteroatoms. The van der Waals surface area contributed by atoms with Gasteiger partial charge in [0.15, 0.2) is 0 Å². The second-order valence-electron chi connectivity index (χ2n) is 6.45. The van der Waals surface area contributed by atoms with Crippen LogP contribution in [0, 0.1) is 0 Å². The van der Waals surface area contributed by atoms with Gasteiger partial charge in [0, 0.05) is 13.1 Å². The van der Waals surface area contributed by atoms with Crippen LogP contribution >= 0.6 is 0 Å². The molecule has 0 spiro atoms. The van der Waals surface area contributed by atoms with E-state index in [2.05, 4.69) is 9.44 Å². The first kappa shape index (κ1) is 22.5. The van der Waals surface area contributed by atoms with Gasteiger partial charge < -0.3 is 10.2 Å². The summed E-state index contributed by atoms with van der Waals surface area (Å²) in [5, 5.41) is 18.4. The molecule has 0 aliphatic carbocycles. The number of benzene rings is 2. The van der Waals surface area contributed by atoms with Crippen LogP contribution in [0.3, 0.4) is 0 Å². The summed E-state index contributed by atoms with van der Waals surface area (Å²) in [6.45, 7) is 2.80. The molecular weight excluding hydrogens is 404 g/mol. The molecule has 8 nitrogen and oxygen atoms in total. The largest absolute Gasteiger partial charge is 0.392 e.